The standard InChI is InChI=1S/C26H40O5S/c1-6-7-8-9-15-31-24(27)26(5)14-10-13-25(4)21-17-22(32(28,29)30)20(18(2)3)16-19(21)11-12-23(25)26/h16-18,23H,6-15H2,1-5H3,(H,28,29,30)/t23?,25-,26+/m1/s1. The fourth-order valence-corrected chi connectivity index (χ4v) is 7.15. The second kappa shape index (κ2) is 9.46. The van der Waals surface area contributed by atoms with Crippen LogP contribution in [-0.2, 0) is 31.5 Å². The molecular formula is C26H40O5S. The monoisotopic (exact) mass is 464 g/mol. The maximum Gasteiger partial charge on any atom is 0.312 e. The van der Waals surface area contributed by atoms with E-state index in [1.807, 2.05) is 26.8 Å². The number of benzene rings is 1. The summed E-state index contributed by atoms with van der Waals surface area (Å²) in [6.45, 7) is 10.7. The van der Waals surface area contributed by atoms with Crippen molar-refractivity contribution in [2.24, 2.45) is 11.3 Å². The van der Waals surface area contributed by atoms with E-state index in [-0.39, 0.29) is 28.1 Å². The van der Waals surface area contributed by atoms with Crippen molar-refractivity contribution in [2.45, 2.75) is 109 Å². The molecule has 1 N–H and O–H groups in total. The predicted octanol–water partition coefficient (Wildman–Crippen LogP) is 6.19. The number of carbonyl (C=O) groups is 1. The molecule has 2 aliphatic carbocycles. The van der Waals surface area contributed by atoms with Gasteiger partial charge in [-0.15, -0.1) is 0 Å². The Hall–Kier alpha value is -1.40. The minimum atomic E-state index is -4.33. The van der Waals surface area contributed by atoms with Crippen molar-refractivity contribution in [3.63, 3.8) is 0 Å². The van der Waals surface area contributed by atoms with E-state index in [9.17, 15) is 17.8 Å². The van der Waals surface area contributed by atoms with Crippen LogP contribution in [0.15, 0.2) is 17.0 Å². The van der Waals surface area contributed by atoms with Crippen LogP contribution in [0.1, 0.15) is 109 Å². The quantitative estimate of drug-likeness (QED) is 0.282. The van der Waals surface area contributed by atoms with Gasteiger partial charge in [-0.3, -0.25) is 9.35 Å². The van der Waals surface area contributed by atoms with Crippen LogP contribution < -0.4 is 0 Å². The second-order valence-electron chi connectivity index (χ2n) is 10.7. The topological polar surface area (TPSA) is 80.7 Å². The number of unbranched alkanes of at least 4 members (excludes halogenated alkanes) is 3. The summed E-state index contributed by atoms with van der Waals surface area (Å²) in [5.41, 5.74) is 1.89. The summed E-state index contributed by atoms with van der Waals surface area (Å²) in [5.74, 6) is -0.0391. The van der Waals surface area contributed by atoms with Crippen LogP contribution in [0, 0.1) is 11.3 Å². The average Bonchev–Trinajstić information content (AvgIpc) is 2.71. The molecule has 5 nitrogen and oxygen atoms in total. The molecule has 0 spiro atoms. The van der Waals surface area contributed by atoms with Crippen LogP contribution in [0.4, 0.5) is 0 Å². The highest BCUT2D eigenvalue weighted by Crippen LogP contribution is 2.58. The molecule has 180 valence electrons. The summed E-state index contributed by atoms with van der Waals surface area (Å²) in [6.07, 6.45) is 8.55. The van der Waals surface area contributed by atoms with Gasteiger partial charge in [0, 0.05) is 0 Å². The lowest BCUT2D eigenvalue weighted by Gasteiger charge is -2.54. The van der Waals surface area contributed by atoms with Gasteiger partial charge in [0.15, 0.2) is 0 Å². The van der Waals surface area contributed by atoms with Crippen LogP contribution >= 0.6 is 0 Å². The van der Waals surface area contributed by atoms with Crippen LogP contribution in [0.5, 0.6) is 0 Å². The van der Waals surface area contributed by atoms with Gasteiger partial charge in [-0.1, -0.05) is 59.4 Å². The molecular weight excluding hydrogens is 424 g/mol. The SMILES string of the molecule is CCCCCCOC(=O)[C@@]1(C)CCC[C@]2(C)c3cc(S(=O)(=O)O)c(C(C)C)cc3CCC12. The zero-order valence-electron chi connectivity index (χ0n) is 20.4. The molecule has 0 aliphatic heterocycles. The predicted molar refractivity (Wildman–Crippen MR) is 127 cm³/mol. The Labute approximate surface area is 194 Å². The number of aryl methyl sites for hydroxylation is 1. The first-order chi connectivity index (χ1) is 14.9. The summed E-state index contributed by atoms with van der Waals surface area (Å²) in [7, 11) is -4.33. The first kappa shape index (κ1) is 25.2. The van der Waals surface area contributed by atoms with Crippen molar-refractivity contribution in [3.8, 4) is 0 Å². The van der Waals surface area contributed by atoms with Gasteiger partial charge in [0.25, 0.3) is 10.1 Å². The number of ether oxygens (including phenoxy) is 1. The summed E-state index contributed by atoms with van der Waals surface area (Å²) in [5, 5.41) is 0. The molecule has 3 rings (SSSR count). The van der Waals surface area contributed by atoms with Crippen LogP contribution in [0.3, 0.4) is 0 Å². The van der Waals surface area contributed by atoms with Crippen molar-refractivity contribution in [3.05, 3.63) is 28.8 Å². The van der Waals surface area contributed by atoms with Crippen molar-refractivity contribution in [2.75, 3.05) is 6.61 Å². The van der Waals surface area contributed by atoms with Gasteiger partial charge in [-0.25, -0.2) is 0 Å². The molecule has 1 fully saturated rings. The van der Waals surface area contributed by atoms with Crippen LogP contribution in [0.2, 0.25) is 0 Å². The minimum absolute atomic E-state index is 0.0120. The number of esters is 1. The highest BCUT2D eigenvalue weighted by molar-refractivity contribution is 7.85. The number of hydrogen-bond acceptors (Lipinski definition) is 4. The molecule has 0 radical (unpaired) electrons. The molecule has 0 saturated heterocycles. The van der Waals surface area contributed by atoms with E-state index in [0.717, 1.165) is 68.9 Å². The Kier molecular flexibility index (Phi) is 7.45. The van der Waals surface area contributed by atoms with Crippen molar-refractivity contribution in [1.82, 2.24) is 0 Å². The van der Waals surface area contributed by atoms with E-state index in [1.165, 1.54) is 0 Å². The Morgan fingerprint density at radius 1 is 1.19 bits per heavy atom. The molecule has 1 aromatic carbocycles. The highest BCUT2D eigenvalue weighted by Gasteiger charge is 2.56. The summed E-state index contributed by atoms with van der Waals surface area (Å²) in [4.78, 5) is 13.3. The molecule has 0 heterocycles. The molecule has 6 heteroatoms. The molecule has 0 amide bonds. The second-order valence-corrected chi connectivity index (χ2v) is 12.0. The van der Waals surface area contributed by atoms with E-state index in [0.29, 0.717) is 12.2 Å². The lowest BCUT2D eigenvalue weighted by Crippen LogP contribution is -2.53. The zero-order chi connectivity index (χ0) is 23.7. The molecule has 32 heavy (non-hydrogen) atoms. The van der Waals surface area contributed by atoms with Gasteiger partial charge < -0.3 is 4.74 Å². The Bertz CT molecular complexity index is 951. The third-order valence-electron chi connectivity index (χ3n) is 8.08. The van der Waals surface area contributed by atoms with Crippen molar-refractivity contribution >= 4 is 16.1 Å². The van der Waals surface area contributed by atoms with Gasteiger partial charge >= 0.3 is 5.97 Å². The molecule has 1 aromatic rings. The number of hydrogen-bond donors (Lipinski definition) is 1. The van der Waals surface area contributed by atoms with Gasteiger partial charge in [-0.2, -0.15) is 8.42 Å². The fraction of sp³-hybridized carbons (Fsp3) is 0.731. The molecule has 2 aliphatic rings. The molecule has 1 unspecified atom stereocenters. The lowest BCUT2D eigenvalue weighted by molar-refractivity contribution is -0.164. The fourth-order valence-electron chi connectivity index (χ4n) is 6.29. The van der Waals surface area contributed by atoms with Crippen molar-refractivity contribution in [1.29, 1.82) is 0 Å². The zero-order valence-corrected chi connectivity index (χ0v) is 21.2. The van der Waals surface area contributed by atoms with Gasteiger partial charge in [-0.05, 0) is 79.0 Å². The normalized spacial score (nSPS) is 27.7. The van der Waals surface area contributed by atoms with E-state index in [4.69, 9.17) is 4.74 Å². The molecule has 3 atom stereocenters. The number of rotatable bonds is 8. The van der Waals surface area contributed by atoms with Gasteiger partial charge in [0.2, 0.25) is 0 Å². The van der Waals surface area contributed by atoms with E-state index in [2.05, 4.69) is 13.8 Å². The van der Waals surface area contributed by atoms with Gasteiger partial charge in [0.1, 0.15) is 0 Å². The summed E-state index contributed by atoms with van der Waals surface area (Å²) < 4.78 is 40.2. The summed E-state index contributed by atoms with van der Waals surface area (Å²) in [6, 6.07) is 3.68. The van der Waals surface area contributed by atoms with Gasteiger partial charge in [0.05, 0.1) is 16.9 Å². The third-order valence-corrected chi connectivity index (χ3v) is 8.99. The van der Waals surface area contributed by atoms with Crippen LogP contribution in [-0.4, -0.2) is 25.5 Å². The third kappa shape index (κ3) is 4.63. The van der Waals surface area contributed by atoms with E-state index < -0.39 is 15.5 Å². The highest BCUT2D eigenvalue weighted by atomic mass is 32.2. The van der Waals surface area contributed by atoms with Crippen LogP contribution in [0.25, 0.3) is 0 Å². The van der Waals surface area contributed by atoms with Crippen molar-refractivity contribution < 1.29 is 22.5 Å². The van der Waals surface area contributed by atoms with E-state index in [1.54, 1.807) is 6.07 Å². The Morgan fingerprint density at radius 3 is 2.53 bits per heavy atom. The minimum Gasteiger partial charge on any atom is -0.465 e. The maximum absolute atomic E-state index is 13.3. The Balaban J connectivity index is 1.95. The number of carbonyl (C=O) groups excluding carboxylic acids is 1. The largest absolute Gasteiger partial charge is 0.465 e. The summed E-state index contributed by atoms with van der Waals surface area (Å²) >= 11 is 0. The first-order valence-electron chi connectivity index (χ1n) is 12.3. The molecule has 0 bridgehead atoms. The maximum atomic E-state index is 13.3. The number of fused-ring (bicyclic) bond motifs is 3. The molecule has 1 saturated carbocycles. The smallest absolute Gasteiger partial charge is 0.312 e. The molecule has 0 aromatic heterocycles. The lowest BCUT2D eigenvalue weighted by atomic mass is 9.49. The first-order valence-corrected chi connectivity index (χ1v) is 13.7. The van der Waals surface area contributed by atoms with E-state index >= 15 is 0 Å². The average molecular weight is 465 g/mol. The Morgan fingerprint density at radius 2 is 1.91 bits per heavy atom.